The lowest BCUT2D eigenvalue weighted by Crippen LogP contribution is -2.11. The molecule has 0 radical (unpaired) electrons. The van der Waals surface area contributed by atoms with E-state index in [1.165, 1.54) is 4.68 Å². The Balaban J connectivity index is 2.00. The molecule has 1 heterocycles. The van der Waals surface area contributed by atoms with Crippen molar-refractivity contribution in [1.82, 2.24) is 9.78 Å². The molecule has 4 nitrogen and oxygen atoms in total. The van der Waals surface area contributed by atoms with Crippen LogP contribution in [0.2, 0.25) is 0 Å². The van der Waals surface area contributed by atoms with Crippen LogP contribution >= 0.6 is 0 Å². The average Bonchev–Trinajstić information content (AvgIpc) is 2.76. The van der Waals surface area contributed by atoms with E-state index in [0.29, 0.717) is 18.4 Å². The van der Waals surface area contributed by atoms with Gasteiger partial charge in [0, 0.05) is 6.20 Å². The molecular formula is C12H11F4N3O. The molecule has 0 fully saturated rings. The molecule has 0 amide bonds. The smallest absolute Gasteiger partial charge is 0.419 e. The van der Waals surface area contributed by atoms with Gasteiger partial charge in [0.1, 0.15) is 24.0 Å². The van der Waals surface area contributed by atoms with E-state index in [2.05, 4.69) is 5.10 Å². The lowest BCUT2D eigenvalue weighted by Gasteiger charge is -2.11. The first-order valence-electron chi connectivity index (χ1n) is 5.65. The summed E-state index contributed by atoms with van der Waals surface area (Å²) in [5.41, 5.74) is 4.06. The van der Waals surface area contributed by atoms with Crippen molar-refractivity contribution in [2.75, 3.05) is 12.3 Å². The second kappa shape index (κ2) is 5.40. The molecule has 0 atom stereocenters. The number of nitrogens with two attached hydrogens (primary N) is 1. The van der Waals surface area contributed by atoms with Gasteiger partial charge < -0.3 is 10.5 Å². The molecule has 2 rings (SSSR count). The van der Waals surface area contributed by atoms with Crippen molar-refractivity contribution in [1.29, 1.82) is 0 Å². The van der Waals surface area contributed by atoms with Crippen molar-refractivity contribution in [2.45, 2.75) is 12.7 Å². The molecule has 108 valence electrons. The molecule has 0 spiro atoms. The molecule has 2 N–H and O–H groups in total. The fourth-order valence-corrected chi connectivity index (χ4v) is 1.57. The summed E-state index contributed by atoms with van der Waals surface area (Å²) < 4.78 is 57.2. The van der Waals surface area contributed by atoms with Crippen molar-refractivity contribution in [3.05, 3.63) is 41.8 Å². The van der Waals surface area contributed by atoms with E-state index in [0.717, 1.165) is 12.1 Å². The normalized spacial score (nSPS) is 11.6. The summed E-state index contributed by atoms with van der Waals surface area (Å²) in [6, 6.07) is 4.08. The van der Waals surface area contributed by atoms with Crippen LogP contribution in [0.4, 0.5) is 23.4 Å². The first-order chi connectivity index (χ1) is 9.36. The number of nitrogen functional groups attached to an aromatic ring is 1. The Morgan fingerprint density at radius 2 is 2.00 bits per heavy atom. The predicted molar refractivity (Wildman–Crippen MR) is 63.5 cm³/mol. The van der Waals surface area contributed by atoms with Gasteiger partial charge in [0.2, 0.25) is 0 Å². The molecular weight excluding hydrogens is 278 g/mol. The number of rotatable bonds is 4. The van der Waals surface area contributed by atoms with Crippen LogP contribution in [0.5, 0.6) is 5.75 Å². The lowest BCUT2D eigenvalue weighted by molar-refractivity contribution is -0.140. The fraction of sp³-hybridized carbons (Fsp3) is 0.250. The third kappa shape index (κ3) is 3.40. The molecule has 2 aromatic rings. The number of anilines is 1. The van der Waals surface area contributed by atoms with Crippen LogP contribution in [0.25, 0.3) is 0 Å². The maximum atomic E-state index is 13.1. The zero-order chi connectivity index (χ0) is 14.8. The van der Waals surface area contributed by atoms with E-state index in [-0.39, 0.29) is 12.4 Å². The Morgan fingerprint density at radius 3 is 2.60 bits per heavy atom. The minimum absolute atomic E-state index is 0.0566. The molecule has 0 bridgehead atoms. The van der Waals surface area contributed by atoms with Crippen LogP contribution in [-0.4, -0.2) is 16.4 Å². The van der Waals surface area contributed by atoms with E-state index in [1.807, 2.05) is 0 Å². The molecule has 0 saturated carbocycles. The lowest BCUT2D eigenvalue weighted by atomic mass is 10.2. The highest BCUT2D eigenvalue weighted by atomic mass is 19.4. The minimum atomic E-state index is -4.75. The summed E-state index contributed by atoms with van der Waals surface area (Å²) in [4.78, 5) is 0. The first-order valence-corrected chi connectivity index (χ1v) is 5.65. The SMILES string of the molecule is Nc1ccn(CCOc2ccc(F)c(C(F)(F)F)c2)n1. The van der Waals surface area contributed by atoms with Gasteiger partial charge in [0.15, 0.2) is 0 Å². The van der Waals surface area contributed by atoms with Crippen LogP contribution in [0, 0.1) is 5.82 Å². The molecule has 20 heavy (non-hydrogen) atoms. The number of ether oxygens (including phenoxy) is 1. The number of benzene rings is 1. The second-order valence-corrected chi connectivity index (χ2v) is 3.99. The number of aromatic nitrogens is 2. The quantitative estimate of drug-likeness (QED) is 0.880. The van der Waals surface area contributed by atoms with Gasteiger partial charge in [0.25, 0.3) is 0 Å². The van der Waals surface area contributed by atoms with Crippen molar-refractivity contribution >= 4 is 5.82 Å². The maximum Gasteiger partial charge on any atom is 0.419 e. The molecule has 1 aromatic carbocycles. The van der Waals surface area contributed by atoms with Crippen LogP contribution in [0.3, 0.4) is 0 Å². The third-order valence-corrected chi connectivity index (χ3v) is 2.49. The van der Waals surface area contributed by atoms with Crippen LogP contribution < -0.4 is 10.5 Å². The zero-order valence-electron chi connectivity index (χ0n) is 10.2. The van der Waals surface area contributed by atoms with Crippen molar-refractivity contribution in [3.8, 4) is 5.75 Å². The second-order valence-electron chi connectivity index (χ2n) is 3.99. The third-order valence-electron chi connectivity index (χ3n) is 2.49. The minimum Gasteiger partial charge on any atom is -0.492 e. The Kier molecular flexibility index (Phi) is 3.82. The summed E-state index contributed by atoms with van der Waals surface area (Å²) in [6.45, 7) is 0.403. The predicted octanol–water partition coefficient (Wildman–Crippen LogP) is 2.70. The molecule has 8 heteroatoms. The summed E-state index contributed by atoms with van der Waals surface area (Å²) in [5, 5.41) is 3.89. The van der Waals surface area contributed by atoms with Crippen molar-refractivity contribution in [2.24, 2.45) is 0 Å². The standard InChI is InChI=1S/C12H11F4N3O/c13-10-2-1-8(7-9(10)12(14,15)16)20-6-5-19-4-3-11(17)18-19/h1-4,7H,5-6H2,(H2,17,18). The van der Waals surface area contributed by atoms with E-state index >= 15 is 0 Å². The van der Waals surface area contributed by atoms with Crippen LogP contribution in [0.15, 0.2) is 30.5 Å². The van der Waals surface area contributed by atoms with E-state index < -0.39 is 17.6 Å². The summed E-state index contributed by atoms with van der Waals surface area (Å²) >= 11 is 0. The van der Waals surface area contributed by atoms with Gasteiger partial charge in [0.05, 0.1) is 12.1 Å². The largest absolute Gasteiger partial charge is 0.492 e. The molecule has 0 saturated heterocycles. The topological polar surface area (TPSA) is 53.1 Å². The highest BCUT2D eigenvalue weighted by Crippen LogP contribution is 2.33. The molecule has 0 aliphatic heterocycles. The first kappa shape index (κ1) is 14.2. The summed E-state index contributed by atoms with van der Waals surface area (Å²) in [5.74, 6) is -1.05. The van der Waals surface area contributed by atoms with E-state index in [1.54, 1.807) is 12.3 Å². The molecule has 0 aliphatic carbocycles. The molecule has 0 aliphatic rings. The monoisotopic (exact) mass is 289 g/mol. The van der Waals surface area contributed by atoms with E-state index in [4.69, 9.17) is 10.5 Å². The highest BCUT2D eigenvalue weighted by molar-refractivity contribution is 5.31. The molecule has 1 aromatic heterocycles. The van der Waals surface area contributed by atoms with Gasteiger partial charge in [-0.05, 0) is 24.3 Å². The highest BCUT2D eigenvalue weighted by Gasteiger charge is 2.34. The number of hydrogen-bond donors (Lipinski definition) is 1. The number of nitrogens with zero attached hydrogens (tertiary/aromatic N) is 2. The molecule has 0 unspecified atom stereocenters. The number of alkyl halides is 3. The van der Waals surface area contributed by atoms with Gasteiger partial charge in [-0.3, -0.25) is 4.68 Å². The average molecular weight is 289 g/mol. The van der Waals surface area contributed by atoms with Crippen LogP contribution in [-0.2, 0) is 12.7 Å². The fourth-order valence-electron chi connectivity index (χ4n) is 1.57. The van der Waals surface area contributed by atoms with Gasteiger partial charge in [-0.15, -0.1) is 0 Å². The van der Waals surface area contributed by atoms with Crippen molar-refractivity contribution in [3.63, 3.8) is 0 Å². The van der Waals surface area contributed by atoms with Crippen LogP contribution in [0.1, 0.15) is 5.56 Å². The van der Waals surface area contributed by atoms with Gasteiger partial charge in [-0.2, -0.15) is 18.3 Å². The van der Waals surface area contributed by atoms with Gasteiger partial charge in [-0.25, -0.2) is 4.39 Å². The van der Waals surface area contributed by atoms with E-state index in [9.17, 15) is 17.6 Å². The van der Waals surface area contributed by atoms with Gasteiger partial charge >= 0.3 is 6.18 Å². The Hall–Kier alpha value is -2.25. The van der Waals surface area contributed by atoms with Crippen molar-refractivity contribution < 1.29 is 22.3 Å². The number of hydrogen-bond acceptors (Lipinski definition) is 3. The van der Waals surface area contributed by atoms with Gasteiger partial charge in [-0.1, -0.05) is 0 Å². The summed E-state index contributed by atoms with van der Waals surface area (Å²) in [6.07, 6.45) is -3.13. The number of halogens is 4. The summed E-state index contributed by atoms with van der Waals surface area (Å²) in [7, 11) is 0. The zero-order valence-corrected chi connectivity index (χ0v) is 10.2. The Bertz CT molecular complexity index is 595. The Morgan fingerprint density at radius 1 is 1.25 bits per heavy atom. The maximum absolute atomic E-state index is 13.1. The Labute approximate surface area is 111 Å².